The van der Waals surface area contributed by atoms with Crippen LogP contribution in [0.4, 0.5) is 10.5 Å². The van der Waals surface area contributed by atoms with E-state index in [-0.39, 0.29) is 23.5 Å². The number of carbonyl (C=O) groups is 2. The molecule has 1 aromatic rings. The van der Waals surface area contributed by atoms with Crippen LogP contribution >= 0.6 is 0 Å². The molecule has 6 heteroatoms. The van der Waals surface area contributed by atoms with E-state index in [0.29, 0.717) is 12.6 Å². The summed E-state index contributed by atoms with van der Waals surface area (Å²) in [7, 11) is 0. The van der Waals surface area contributed by atoms with Gasteiger partial charge >= 0.3 is 6.09 Å². The number of ether oxygens (including phenoxy) is 1. The van der Waals surface area contributed by atoms with Crippen molar-refractivity contribution in [2.24, 2.45) is 0 Å². The largest absolute Gasteiger partial charge is 0.450 e. The molecule has 1 saturated heterocycles. The van der Waals surface area contributed by atoms with Gasteiger partial charge in [-0.15, -0.1) is 0 Å². The predicted octanol–water partition coefficient (Wildman–Crippen LogP) is 2.95. The maximum Gasteiger partial charge on any atom is 0.407 e. The number of aryl methyl sites for hydroxylation is 1. The average Bonchev–Trinajstić information content (AvgIpc) is 3.20. The lowest BCUT2D eigenvalue weighted by molar-refractivity contribution is -0.122. The number of likely N-dealkylation sites (tertiary alicyclic amines) is 1. The highest BCUT2D eigenvalue weighted by Gasteiger charge is 2.49. The van der Waals surface area contributed by atoms with E-state index >= 15 is 0 Å². The van der Waals surface area contributed by atoms with E-state index in [4.69, 9.17) is 4.74 Å². The van der Waals surface area contributed by atoms with Gasteiger partial charge in [-0.05, 0) is 57.6 Å². The number of nitrogens with one attached hydrogen (secondary N) is 2. The van der Waals surface area contributed by atoms with E-state index in [1.807, 2.05) is 13.0 Å². The molecular weight excluding hydrogens is 342 g/mol. The van der Waals surface area contributed by atoms with Crippen LogP contribution in [-0.4, -0.2) is 48.7 Å². The Morgan fingerprint density at radius 2 is 2.11 bits per heavy atom. The number of nitrogens with zero attached hydrogens (tertiary/aromatic N) is 1. The molecule has 0 radical (unpaired) electrons. The van der Waals surface area contributed by atoms with Crippen molar-refractivity contribution in [3.8, 4) is 0 Å². The molecule has 0 aromatic heterocycles. The van der Waals surface area contributed by atoms with Crippen molar-refractivity contribution in [1.29, 1.82) is 0 Å². The Kier molecular flexibility index (Phi) is 4.84. The van der Waals surface area contributed by atoms with Gasteiger partial charge in [0.05, 0.1) is 12.0 Å². The molecule has 2 N–H and O–H groups in total. The molecule has 1 saturated carbocycles. The maximum atomic E-state index is 12.8. The smallest absolute Gasteiger partial charge is 0.407 e. The number of alkyl carbamates (subject to hydrolysis) is 1. The zero-order valence-corrected chi connectivity index (χ0v) is 16.2. The zero-order valence-electron chi connectivity index (χ0n) is 16.2. The van der Waals surface area contributed by atoms with Gasteiger partial charge in [0.2, 0.25) is 5.91 Å². The lowest BCUT2D eigenvalue weighted by Gasteiger charge is -2.39. The fraction of sp³-hybridized carbons (Fsp3) is 0.619. The number of amides is 2. The number of rotatable bonds is 3. The minimum absolute atomic E-state index is 0.165. The van der Waals surface area contributed by atoms with E-state index in [1.165, 1.54) is 11.1 Å². The first kappa shape index (κ1) is 18.3. The summed E-state index contributed by atoms with van der Waals surface area (Å²) in [6.45, 7) is 6.17. The quantitative estimate of drug-likeness (QED) is 0.857. The van der Waals surface area contributed by atoms with Gasteiger partial charge in [0.1, 0.15) is 0 Å². The number of benzene rings is 1. The molecule has 2 fully saturated rings. The monoisotopic (exact) mass is 371 g/mol. The summed E-state index contributed by atoms with van der Waals surface area (Å²) in [5, 5.41) is 6.05. The average molecular weight is 371 g/mol. The van der Waals surface area contributed by atoms with Crippen molar-refractivity contribution in [2.75, 3.05) is 25.0 Å². The Balaban J connectivity index is 1.38. The maximum absolute atomic E-state index is 12.8. The fourth-order valence-electron chi connectivity index (χ4n) is 5.06. The van der Waals surface area contributed by atoms with Crippen LogP contribution in [0.15, 0.2) is 18.2 Å². The number of carbonyl (C=O) groups excluding carboxylic acids is 2. The lowest BCUT2D eigenvalue weighted by Crippen LogP contribution is -2.45. The molecule has 2 amide bonds. The molecule has 2 aliphatic heterocycles. The molecule has 1 aliphatic carbocycles. The molecule has 1 atom stereocenters. The first-order valence-electron chi connectivity index (χ1n) is 10.1. The Hall–Kier alpha value is -2.08. The highest BCUT2D eigenvalue weighted by molar-refractivity contribution is 6.06. The van der Waals surface area contributed by atoms with Crippen LogP contribution in [0.1, 0.15) is 50.2 Å². The van der Waals surface area contributed by atoms with E-state index in [0.717, 1.165) is 50.9 Å². The molecule has 4 rings (SSSR count). The van der Waals surface area contributed by atoms with Crippen molar-refractivity contribution in [3.05, 3.63) is 29.3 Å². The Morgan fingerprint density at radius 1 is 1.33 bits per heavy atom. The minimum atomic E-state index is -0.347. The summed E-state index contributed by atoms with van der Waals surface area (Å²) in [5.41, 5.74) is 3.04. The van der Waals surface area contributed by atoms with Gasteiger partial charge in [-0.3, -0.25) is 9.69 Å². The Bertz CT molecular complexity index is 740. The standard InChI is InChI=1S/C21H29N3O3/c1-3-27-20(26)22-15-8-11-24(13-15)16-6-9-21(10-7-16)17-12-14(2)4-5-18(17)23-19(21)25/h4-5,12,15-16H,3,6-11,13H2,1-2H3,(H,22,26)(H,23,25)/t15-,16?,21?/m1/s1. The SMILES string of the molecule is CCOC(=O)N[C@@H]1CCN(C2CCC3(CC2)C(=O)Nc2ccc(C)cc23)C1. The van der Waals surface area contributed by atoms with Crippen molar-refractivity contribution >= 4 is 17.7 Å². The second-order valence-corrected chi connectivity index (χ2v) is 8.16. The Morgan fingerprint density at radius 3 is 2.85 bits per heavy atom. The first-order valence-corrected chi connectivity index (χ1v) is 10.1. The summed E-state index contributed by atoms with van der Waals surface area (Å²) in [5.74, 6) is 0.171. The van der Waals surface area contributed by atoms with Gasteiger partial charge in [0.15, 0.2) is 0 Å². The number of hydrogen-bond donors (Lipinski definition) is 2. The van der Waals surface area contributed by atoms with E-state index < -0.39 is 0 Å². The molecule has 146 valence electrons. The van der Waals surface area contributed by atoms with Crippen molar-refractivity contribution in [2.45, 2.75) is 63.5 Å². The van der Waals surface area contributed by atoms with Gasteiger partial charge in [-0.2, -0.15) is 0 Å². The summed E-state index contributed by atoms with van der Waals surface area (Å²) in [4.78, 5) is 26.9. The minimum Gasteiger partial charge on any atom is -0.450 e. The molecule has 3 aliphatic rings. The third-order valence-corrected chi connectivity index (χ3v) is 6.52. The topological polar surface area (TPSA) is 70.7 Å². The molecular formula is C21H29N3O3. The second-order valence-electron chi connectivity index (χ2n) is 8.16. The number of fused-ring (bicyclic) bond motifs is 2. The van der Waals surface area contributed by atoms with Crippen LogP contribution in [-0.2, 0) is 14.9 Å². The van der Waals surface area contributed by atoms with Gasteiger partial charge in [0, 0.05) is 30.9 Å². The van der Waals surface area contributed by atoms with E-state index in [1.54, 1.807) is 0 Å². The third kappa shape index (κ3) is 3.31. The summed E-state index contributed by atoms with van der Waals surface area (Å²) in [6, 6.07) is 6.94. The van der Waals surface area contributed by atoms with Crippen molar-refractivity contribution in [1.82, 2.24) is 10.2 Å². The Labute approximate surface area is 160 Å². The number of hydrogen-bond acceptors (Lipinski definition) is 4. The second kappa shape index (κ2) is 7.15. The predicted molar refractivity (Wildman–Crippen MR) is 104 cm³/mol. The van der Waals surface area contributed by atoms with Crippen LogP contribution in [0.2, 0.25) is 0 Å². The van der Waals surface area contributed by atoms with Crippen LogP contribution in [0, 0.1) is 6.92 Å². The third-order valence-electron chi connectivity index (χ3n) is 6.52. The molecule has 1 aromatic carbocycles. The summed E-state index contributed by atoms with van der Waals surface area (Å²) < 4.78 is 4.99. The first-order chi connectivity index (χ1) is 13.0. The van der Waals surface area contributed by atoms with Crippen molar-refractivity contribution < 1.29 is 14.3 Å². The van der Waals surface area contributed by atoms with Gasteiger partial charge in [-0.25, -0.2) is 4.79 Å². The molecule has 27 heavy (non-hydrogen) atoms. The van der Waals surface area contributed by atoms with E-state index in [2.05, 4.69) is 34.6 Å². The van der Waals surface area contributed by atoms with Gasteiger partial charge in [0.25, 0.3) is 0 Å². The zero-order chi connectivity index (χ0) is 19.0. The summed E-state index contributed by atoms with van der Waals surface area (Å²) in [6.07, 6.45) is 4.48. The normalized spacial score (nSPS) is 30.2. The van der Waals surface area contributed by atoms with Crippen LogP contribution in [0.25, 0.3) is 0 Å². The van der Waals surface area contributed by atoms with Gasteiger partial charge in [-0.1, -0.05) is 17.7 Å². The molecule has 0 unspecified atom stereocenters. The van der Waals surface area contributed by atoms with Crippen LogP contribution in [0.5, 0.6) is 0 Å². The fourth-order valence-corrected chi connectivity index (χ4v) is 5.06. The highest BCUT2D eigenvalue weighted by atomic mass is 16.5. The molecule has 1 spiro atoms. The molecule has 6 nitrogen and oxygen atoms in total. The van der Waals surface area contributed by atoms with Crippen LogP contribution < -0.4 is 10.6 Å². The summed E-state index contributed by atoms with van der Waals surface area (Å²) >= 11 is 0. The molecule has 2 heterocycles. The van der Waals surface area contributed by atoms with E-state index in [9.17, 15) is 9.59 Å². The lowest BCUT2D eigenvalue weighted by atomic mass is 9.68. The highest BCUT2D eigenvalue weighted by Crippen LogP contribution is 2.48. The van der Waals surface area contributed by atoms with Crippen LogP contribution in [0.3, 0.4) is 0 Å². The molecule has 0 bridgehead atoms. The van der Waals surface area contributed by atoms with Crippen molar-refractivity contribution in [3.63, 3.8) is 0 Å². The number of anilines is 1. The van der Waals surface area contributed by atoms with Gasteiger partial charge < -0.3 is 15.4 Å².